The van der Waals surface area contributed by atoms with E-state index in [1.807, 2.05) is 44.2 Å². The van der Waals surface area contributed by atoms with Gasteiger partial charge in [-0.2, -0.15) is 0 Å². The van der Waals surface area contributed by atoms with Gasteiger partial charge in [0.1, 0.15) is 11.9 Å². The topological polar surface area (TPSA) is 79.8 Å². The van der Waals surface area contributed by atoms with Gasteiger partial charge < -0.3 is 15.5 Å². The van der Waals surface area contributed by atoms with E-state index in [1.54, 1.807) is 12.1 Å². The number of oxime groups is 1. The number of carbonyl (C=O) groups excluding carboxylic acids is 2. The number of hydrogen-bond donors (Lipinski definition) is 2. The lowest BCUT2D eigenvalue weighted by atomic mass is 10.0. The molecule has 0 bridgehead atoms. The molecule has 158 valence electrons. The highest BCUT2D eigenvalue weighted by molar-refractivity contribution is 6.04. The molecule has 1 heterocycles. The second kappa shape index (κ2) is 10.0. The van der Waals surface area contributed by atoms with Crippen LogP contribution in [0, 0.1) is 11.7 Å². The minimum atomic E-state index is -0.832. The van der Waals surface area contributed by atoms with E-state index in [4.69, 9.17) is 4.84 Å². The summed E-state index contributed by atoms with van der Waals surface area (Å²) >= 11 is 0. The summed E-state index contributed by atoms with van der Waals surface area (Å²) in [6, 6.07) is 14.6. The van der Waals surface area contributed by atoms with Gasteiger partial charge in [-0.3, -0.25) is 9.59 Å². The Morgan fingerprint density at radius 2 is 1.83 bits per heavy atom. The van der Waals surface area contributed by atoms with Crippen molar-refractivity contribution < 1.29 is 18.8 Å². The number of hydrogen-bond acceptors (Lipinski definition) is 4. The summed E-state index contributed by atoms with van der Waals surface area (Å²) < 4.78 is 13.1. The number of carbonyl (C=O) groups is 2. The molecule has 2 aromatic rings. The molecule has 0 aliphatic carbocycles. The molecule has 0 saturated heterocycles. The molecular formula is C23H26FN3O3. The van der Waals surface area contributed by atoms with Gasteiger partial charge in [-0.05, 0) is 29.2 Å². The van der Waals surface area contributed by atoms with Crippen LogP contribution in [0.25, 0.3) is 0 Å². The van der Waals surface area contributed by atoms with Crippen molar-refractivity contribution in [2.45, 2.75) is 38.8 Å². The number of amides is 2. The third kappa shape index (κ3) is 5.89. The maximum Gasteiger partial charge on any atom is 0.265 e. The zero-order valence-corrected chi connectivity index (χ0v) is 17.1. The summed E-state index contributed by atoms with van der Waals surface area (Å²) in [5, 5.41) is 9.65. The summed E-state index contributed by atoms with van der Waals surface area (Å²) in [7, 11) is 0. The minimum absolute atomic E-state index is 0.237. The predicted octanol–water partition coefficient (Wildman–Crippen LogP) is 2.82. The van der Waals surface area contributed by atoms with E-state index in [9.17, 15) is 14.0 Å². The lowest BCUT2D eigenvalue weighted by Crippen LogP contribution is -2.51. The third-order valence-corrected chi connectivity index (χ3v) is 4.74. The van der Waals surface area contributed by atoms with Crippen molar-refractivity contribution in [3.8, 4) is 0 Å². The van der Waals surface area contributed by atoms with Crippen molar-refractivity contribution in [3.05, 3.63) is 71.5 Å². The summed E-state index contributed by atoms with van der Waals surface area (Å²) in [6.45, 7) is 4.54. The average Bonchev–Trinajstić information content (AvgIpc) is 3.23. The second-order valence-corrected chi connectivity index (χ2v) is 7.73. The largest absolute Gasteiger partial charge is 0.382 e. The summed E-state index contributed by atoms with van der Waals surface area (Å²) in [6.07, 6.45) is -0.209. The highest BCUT2D eigenvalue weighted by atomic mass is 19.1. The molecule has 0 saturated carbocycles. The van der Waals surface area contributed by atoms with Crippen molar-refractivity contribution in [2.75, 3.05) is 6.54 Å². The lowest BCUT2D eigenvalue weighted by molar-refractivity contribution is -0.135. The Hall–Kier alpha value is -3.22. The third-order valence-electron chi connectivity index (χ3n) is 4.74. The molecular weight excluding hydrogens is 385 g/mol. The van der Waals surface area contributed by atoms with E-state index in [0.717, 1.165) is 5.56 Å². The van der Waals surface area contributed by atoms with E-state index in [2.05, 4.69) is 15.8 Å². The molecule has 0 spiro atoms. The Morgan fingerprint density at radius 1 is 1.13 bits per heavy atom. The first-order valence-corrected chi connectivity index (χ1v) is 10.0. The fraction of sp³-hybridized carbons (Fsp3) is 0.348. The highest BCUT2D eigenvalue weighted by Gasteiger charge is 2.32. The Labute approximate surface area is 175 Å². The van der Waals surface area contributed by atoms with E-state index in [1.165, 1.54) is 12.1 Å². The van der Waals surface area contributed by atoms with Gasteiger partial charge in [-0.1, -0.05) is 61.5 Å². The Balaban J connectivity index is 1.63. The van der Waals surface area contributed by atoms with Crippen LogP contribution in [0.1, 0.15) is 31.4 Å². The van der Waals surface area contributed by atoms with Crippen LogP contribution < -0.4 is 10.6 Å². The molecule has 0 aromatic heterocycles. The van der Waals surface area contributed by atoms with Gasteiger partial charge in [0, 0.05) is 19.4 Å². The van der Waals surface area contributed by atoms with Gasteiger partial charge >= 0.3 is 0 Å². The fourth-order valence-electron chi connectivity index (χ4n) is 3.08. The SMILES string of the molecule is CC(C)CNC(=O)C(Cc1ccccc1)NC(=O)C1CC(c2ccc(F)cc2)=NO1. The molecule has 2 amide bonds. The molecule has 0 radical (unpaired) electrons. The van der Waals surface area contributed by atoms with Crippen LogP contribution in [0.5, 0.6) is 0 Å². The molecule has 2 unspecified atom stereocenters. The number of nitrogens with one attached hydrogen (secondary N) is 2. The second-order valence-electron chi connectivity index (χ2n) is 7.73. The zero-order chi connectivity index (χ0) is 21.5. The van der Waals surface area contributed by atoms with Gasteiger partial charge in [0.25, 0.3) is 5.91 Å². The van der Waals surface area contributed by atoms with Crippen LogP contribution in [0.15, 0.2) is 59.8 Å². The molecule has 6 nitrogen and oxygen atoms in total. The first kappa shape index (κ1) is 21.5. The van der Waals surface area contributed by atoms with Crippen LogP contribution in [-0.2, 0) is 20.8 Å². The summed E-state index contributed by atoms with van der Waals surface area (Å²) in [4.78, 5) is 30.8. The molecule has 30 heavy (non-hydrogen) atoms. The van der Waals surface area contributed by atoms with Gasteiger partial charge in [0.2, 0.25) is 12.0 Å². The molecule has 2 aromatic carbocycles. The van der Waals surface area contributed by atoms with Gasteiger partial charge in [0.05, 0.1) is 5.71 Å². The fourth-order valence-corrected chi connectivity index (χ4v) is 3.08. The zero-order valence-electron chi connectivity index (χ0n) is 17.1. The Kier molecular flexibility index (Phi) is 7.17. The van der Waals surface area contributed by atoms with Crippen molar-refractivity contribution in [1.82, 2.24) is 10.6 Å². The van der Waals surface area contributed by atoms with Crippen LogP contribution in [-0.4, -0.2) is 36.2 Å². The van der Waals surface area contributed by atoms with Crippen molar-refractivity contribution in [3.63, 3.8) is 0 Å². The van der Waals surface area contributed by atoms with Gasteiger partial charge in [0.15, 0.2) is 0 Å². The maximum atomic E-state index is 13.1. The van der Waals surface area contributed by atoms with Crippen molar-refractivity contribution >= 4 is 17.5 Å². The van der Waals surface area contributed by atoms with E-state index in [-0.39, 0.29) is 18.1 Å². The lowest BCUT2D eigenvalue weighted by Gasteiger charge is -2.20. The number of rotatable bonds is 8. The number of halogens is 1. The van der Waals surface area contributed by atoms with Crippen LogP contribution in [0.2, 0.25) is 0 Å². The molecule has 2 atom stereocenters. The first-order chi connectivity index (χ1) is 14.4. The first-order valence-electron chi connectivity index (χ1n) is 10.0. The normalized spacial score (nSPS) is 16.5. The van der Waals surface area contributed by atoms with E-state index < -0.39 is 18.1 Å². The quantitative estimate of drug-likeness (QED) is 0.701. The maximum absolute atomic E-state index is 13.1. The van der Waals surface area contributed by atoms with E-state index in [0.29, 0.717) is 30.2 Å². The molecule has 2 N–H and O–H groups in total. The van der Waals surface area contributed by atoms with Gasteiger partial charge in [-0.15, -0.1) is 0 Å². The monoisotopic (exact) mass is 411 g/mol. The van der Waals surface area contributed by atoms with Crippen molar-refractivity contribution in [1.29, 1.82) is 0 Å². The van der Waals surface area contributed by atoms with Crippen LogP contribution >= 0.6 is 0 Å². The predicted molar refractivity (Wildman–Crippen MR) is 112 cm³/mol. The smallest absolute Gasteiger partial charge is 0.265 e. The average molecular weight is 411 g/mol. The van der Waals surface area contributed by atoms with Crippen LogP contribution in [0.3, 0.4) is 0 Å². The molecule has 1 aliphatic rings. The Morgan fingerprint density at radius 3 is 2.50 bits per heavy atom. The highest BCUT2D eigenvalue weighted by Crippen LogP contribution is 2.18. The summed E-state index contributed by atoms with van der Waals surface area (Å²) in [5.41, 5.74) is 2.21. The van der Waals surface area contributed by atoms with Crippen molar-refractivity contribution in [2.24, 2.45) is 11.1 Å². The minimum Gasteiger partial charge on any atom is -0.382 e. The number of benzene rings is 2. The van der Waals surface area contributed by atoms with Gasteiger partial charge in [-0.25, -0.2) is 4.39 Å². The van der Waals surface area contributed by atoms with E-state index >= 15 is 0 Å². The summed E-state index contributed by atoms with van der Waals surface area (Å²) in [5.74, 6) is -0.689. The molecule has 1 aliphatic heterocycles. The molecule has 3 rings (SSSR count). The molecule has 7 heteroatoms. The van der Waals surface area contributed by atoms with Crippen LogP contribution in [0.4, 0.5) is 4.39 Å². The number of nitrogens with zero attached hydrogens (tertiary/aromatic N) is 1. The molecule has 0 fully saturated rings. The standard InChI is InChI=1S/C23H26FN3O3/c1-15(2)14-25-22(28)20(12-16-6-4-3-5-7-16)26-23(29)21-13-19(27-30-21)17-8-10-18(24)11-9-17/h3-11,15,20-21H,12-14H2,1-2H3,(H,25,28)(H,26,29). The Bertz CT molecular complexity index is 898.